The van der Waals surface area contributed by atoms with Crippen LogP contribution in [-0.2, 0) is 0 Å². The molecule has 4 N–H and O–H groups in total. The molecule has 0 unspecified atom stereocenters. The monoisotopic (exact) mass is 206 g/mol. The Labute approximate surface area is 90.3 Å². The van der Waals surface area contributed by atoms with Gasteiger partial charge in [0.2, 0.25) is 0 Å². The summed E-state index contributed by atoms with van der Waals surface area (Å²) >= 11 is 0. The molecule has 0 bridgehead atoms. The third kappa shape index (κ3) is 2.30. The number of benzene rings is 1. The molecule has 15 heavy (non-hydrogen) atoms. The van der Waals surface area contributed by atoms with Crippen LogP contribution in [0.4, 0.5) is 0 Å². The van der Waals surface area contributed by atoms with E-state index in [1.807, 2.05) is 18.2 Å². The van der Waals surface area contributed by atoms with Crippen molar-refractivity contribution < 1.29 is 5.11 Å². The van der Waals surface area contributed by atoms with Crippen molar-refractivity contribution in [1.29, 1.82) is 0 Å². The van der Waals surface area contributed by atoms with Gasteiger partial charge >= 0.3 is 0 Å². The summed E-state index contributed by atoms with van der Waals surface area (Å²) < 4.78 is 0. The van der Waals surface area contributed by atoms with E-state index in [0.717, 1.165) is 31.4 Å². The number of para-hydroxylation sites is 1. The van der Waals surface area contributed by atoms with Crippen molar-refractivity contribution in [1.82, 2.24) is 5.32 Å². The number of phenolic OH excluding ortho intramolecular Hbond substituents is 1. The third-order valence-electron chi connectivity index (χ3n) is 3.03. The van der Waals surface area contributed by atoms with E-state index in [4.69, 9.17) is 5.73 Å². The molecule has 0 aliphatic carbocycles. The molecule has 0 aromatic heterocycles. The van der Waals surface area contributed by atoms with Crippen LogP contribution in [0.5, 0.6) is 5.75 Å². The fourth-order valence-electron chi connectivity index (χ4n) is 2.17. The zero-order valence-corrected chi connectivity index (χ0v) is 8.82. The zero-order valence-electron chi connectivity index (χ0n) is 8.82. The highest BCUT2D eigenvalue weighted by atomic mass is 16.3. The van der Waals surface area contributed by atoms with E-state index in [1.165, 1.54) is 0 Å². The number of rotatable bonds is 1. The van der Waals surface area contributed by atoms with Crippen LogP contribution < -0.4 is 11.1 Å². The lowest BCUT2D eigenvalue weighted by molar-refractivity contribution is 0.420. The molecule has 0 amide bonds. The second-order valence-electron chi connectivity index (χ2n) is 4.15. The third-order valence-corrected chi connectivity index (χ3v) is 3.03. The maximum absolute atomic E-state index is 9.78. The van der Waals surface area contributed by atoms with Crippen molar-refractivity contribution in [3.8, 4) is 5.75 Å². The normalized spacial score (nSPS) is 27.3. The second kappa shape index (κ2) is 4.64. The minimum atomic E-state index is 0.0914. The molecule has 2 rings (SSSR count). The Kier molecular flexibility index (Phi) is 3.23. The van der Waals surface area contributed by atoms with Crippen LogP contribution in [0.15, 0.2) is 24.3 Å². The Bertz CT molecular complexity index is 327. The van der Waals surface area contributed by atoms with Gasteiger partial charge in [0, 0.05) is 11.6 Å². The van der Waals surface area contributed by atoms with Crippen molar-refractivity contribution in [2.75, 3.05) is 6.54 Å². The summed E-state index contributed by atoms with van der Waals surface area (Å²) in [7, 11) is 0. The molecule has 3 heteroatoms. The van der Waals surface area contributed by atoms with Gasteiger partial charge in [-0.3, -0.25) is 0 Å². The maximum Gasteiger partial charge on any atom is 0.120 e. The van der Waals surface area contributed by atoms with Crippen LogP contribution in [0.1, 0.15) is 30.9 Å². The molecule has 0 saturated carbocycles. The summed E-state index contributed by atoms with van der Waals surface area (Å²) in [6, 6.07) is 7.62. The smallest absolute Gasteiger partial charge is 0.120 e. The number of hydrogen-bond acceptors (Lipinski definition) is 3. The fourth-order valence-corrected chi connectivity index (χ4v) is 2.17. The van der Waals surface area contributed by atoms with E-state index in [9.17, 15) is 5.11 Å². The van der Waals surface area contributed by atoms with E-state index >= 15 is 0 Å². The molecule has 2 atom stereocenters. The number of nitrogens with two attached hydrogens (primary N) is 1. The molecule has 1 fully saturated rings. The number of hydrogen-bond donors (Lipinski definition) is 3. The van der Waals surface area contributed by atoms with Gasteiger partial charge in [-0.15, -0.1) is 0 Å². The van der Waals surface area contributed by atoms with E-state index in [0.29, 0.717) is 5.75 Å². The first-order chi connectivity index (χ1) is 7.29. The summed E-state index contributed by atoms with van der Waals surface area (Å²) in [5, 5.41) is 13.2. The molecule has 1 aliphatic heterocycles. The first-order valence-electron chi connectivity index (χ1n) is 5.56. The molecule has 0 spiro atoms. The largest absolute Gasteiger partial charge is 0.508 e. The Balaban J connectivity index is 2.24. The average molecular weight is 206 g/mol. The standard InChI is InChI=1S/C12H18N2O/c13-10-6-3-4-8-14-12(10)9-5-1-2-7-11(9)15/h1-2,5,7,10,12,14-15H,3-4,6,8,13H2/t10-,12+/m0/s1. The SMILES string of the molecule is N[C@H]1CCCCN[C@@H]1c1ccccc1O. The van der Waals surface area contributed by atoms with Crippen LogP contribution in [0.2, 0.25) is 0 Å². The topological polar surface area (TPSA) is 58.3 Å². The molecule has 0 radical (unpaired) electrons. The highest BCUT2D eigenvalue weighted by Crippen LogP contribution is 2.28. The number of nitrogens with one attached hydrogen (secondary N) is 1. The lowest BCUT2D eigenvalue weighted by atomic mass is 9.97. The van der Waals surface area contributed by atoms with Gasteiger partial charge in [-0.25, -0.2) is 0 Å². The summed E-state index contributed by atoms with van der Waals surface area (Å²) in [5.41, 5.74) is 7.03. The van der Waals surface area contributed by atoms with Gasteiger partial charge in [0.1, 0.15) is 5.75 Å². The highest BCUT2D eigenvalue weighted by molar-refractivity contribution is 5.35. The number of phenols is 1. The van der Waals surface area contributed by atoms with E-state index in [1.54, 1.807) is 6.07 Å². The van der Waals surface area contributed by atoms with E-state index in [2.05, 4.69) is 5.32 Å². The van der Waals surface area contributed by atoms with Crippen molar-refractivity contribution in [2.45, 2.75) is 31.3 Å². The lowest BCUT2D eigenvalue weighted by Gasteiger charge is -2.23. The molecular weight excluding hydrogens is 188 g/mol. The molecule has 1 aliphatic rings. The summed E-state index contributed by atoms with van der Waals surface area (Å²) in [4.78, 5) is 0. The van der Waals surface area contributed by atoms with Crippen LogP contribution in [0.25, 0.3) is 0 Å². The molecular formula is C12H18N2O. The van der Waals surface area contributed by atoms with Gasteiger partial charge < -0.3 is 16.2 Å². The lowest BCUT2D eigenvalue weighted by Crippen LogP contribution is -2.36. The first-order valence-corrected chi connectivity index (χ1v) is 5.56. The van der Waals surface area contributed by atoms with Crippen molar-refractivity contribution in [3.63, 3.8) is 0 Å². The molecule has 1 aromatic rings. The predicted molar refractivity (Wildman–Crippen MR) is 60.7 cm³/mol. The van der Waals surface area contributed by atoms with Gasteiger partial charge in [-0.05, 0) is 25.5 Å². The van der Waals surface area contributed by atoms with Crippen LogP contribution in [-0.4, -0.2) is 17.7 Å². The van der Waals surface area contributed by atoms with Gasteiger partial charge in [0.15, 0.2) is 0 Å². The van der Waals surface area contributed by atoms with Crippen molar-refractivity contribution in [2.24, 2.45) is 5.73 Å². The first kappa shape index (κ1) is 10.5. The number of aromatic hydroxyl groups is 1. The van der Waals surface area contributed by atoms with Crippen LogP contribution in [0.3, 0.4) is 0 Å². The summed E-state index contributed by atoms with van der Waals surface area (Å²) in [6.45, 7) is 0.979. The van der Waals surface area contributed by atoms with Crippen LogP contribution >= 0.6 is 0 Å². The van der Waals surface area contributed by atoms with E-state index in [-0.39, 0.29) is 12.1 Å². The molecule has 3 nitrogen and oxygen atoms in total. The van der Waals surface area contributed by atoms with Gasteiger partial charge in [-0.2, -0.15) is 0 Å². The Morgan fingerprint density at radius 2 is 2.07 bits per heavy atom. The molecule has 1 saturated heterocycles. The Morgan fingerprint density at radius 1 is 1.27 bits per heavy atom. The summed E-state index contributed by atoms with van der Waals surface area (Å²) in [6.07, 6.45) is 3.35. The predicted octanol–water partition coefficient (Wildman–Crippen LogP) is 1.53. The highest BCUT2D eigenvalue weighted by Gasteiger charge is 2.23. The molecule has 1 aromatic carbocycles. The molecule has 82 valence electrons. The maximum atomic E-state index is 9.78. The van der Waals surface area contributed by atoms with Gasteiger partial charge in [0.25, 0.3) is 0 Å². The minimum absolute atomic E-state index is 0.0914. The Hall–Kier alpha value is -1.06. The van der Waals surface area contributed by atoms with Crippen molar-refractivity contribution >= 4 is 0 Å². The molecule has 1 heterocycles. The van der Waals surface area contributed by atoms with Crippen molar-refractivity contribution in [3.05, 3.63) is 29.8 Å². The zero-order chi connectivity index (χ0) is 10.7. The summed E-state index contributed by atoms with van der Waals surface area (Å²) in [5.74, 6) is 0.340. The van der Waals surface area contributed by atoms with Gasteiger partial charge in [-0.1, -0.05) is 24.6 Å². The van der Waals surface area contributed by atoms with Crippen LogP contribution in [0, 0.1) is 0 Å². The minimum Gasteiger partial charge on any atom is -0.508 e. The average Bonchev–Trinajstić information content (AvgIpc) is 2.44. The second-order valence-corrected chi connectivity index (χ2v) is 4.15. The van der Waals surface area contributed by atoms with E-state index < -0.39 is 0 Å². The quantitative estimate of drug-likeness (QED) is 0.653. The Morgan fingerprint density at radius 3 is 2.87 bits per heavy atom. The van der Waals surface area contributed by atoms with Gasteiger partial charge in [0.05, 0.1) is 6.04 Å². The fraction of sp³-hybridized carbons (Fsp3) is 0.500.